The third-order valence-corrected chi connectivity index (χ3v) is 3.66. The minimum atomic E-state index is -0.0729. The molecule has 1 atom stereocenters. The van der Waals surface area contributed by atoms with E-state index in [9.17, 15) is 5.11 Å². The summed E-state index contributed by atoms with van der Waals surface area (Å²) in [5.41, 5.74) is 1.35. The molecular formula is C15H23NO2. The molecule has 2 N–H and O–H groups in total. The van der Waals surface area contributed by atoms with E-state index in [1.165, 1.54) is 5.56 Å². The highest BCUT2D eigenvalue weighted by molar-refractivity contribution is 5.27. The zero-order chi connectivity index (χ0) is 13.0. The number of aliphatic hydroxyl groups excluding tert-OH is 1. The molecule has 3 nitrogen and oxygen atoms in total. The van der Waals surface area contributed by atoms with Crippen LogP contribution in [-0.2, 0) is 6.42 Å². The number of rotatable bonds is 6. The van der Waals surface area contributed by atoms with E-state index in [-0.39, 0.29) is 6.10 Å². The zero-order valence-corrected chi connectivity index (χ0v) is 11.2. The molecule has 0 aliphatic heterocycles. The molecule has 1 fully saturated rings. The second kappa shape index (κ2) is 6.21. The molecule has 0 amide bonds. The van der Waals surface area contributed by atoms with Gasteiger partial charge in [0.1, 0.15) is 5.75 Å². The van der Waals surface area contributed by atoms with Crippen molar-refractivity contribution in [2.24, 2.45) is 0 Å². The van der Waals surface area contributed by atoms with Crippen molar-refractivity contribution in [3.05, 3.63) is 29.8 Å². The second-order valence-electron chi connectivity index (χ2n) is 5.28. The van der Waals surface area contributed by atoms with Crippen LogP contribution in [0.1, 0.15) is 31.7 Å². The maximum atomic E-state index is 9.24. The Morgan fingerprint density at radius 2 is 2.00 bits per heavy atom. The first-order valence-electron chi connectivity index (χ1n) is 6.74. The highest BCUT2D eigenvalue weighted by Gasteiger charge is 2.27. The molecule has 0 spiro atoms. The Morgan fingerprint density at radius 3 is 2.56 bits per heavy atom. The van der Waals surface area contributed by atoms with Crippen LogP contribution in [0.5, 0.6) is 5.75 Å². The molecule has 3 heteroatoms. The Balaban J connectivity index is 1.69. The molecule has 1 aromatic rings. The van der Waals surface area contributed by atoms with Gasteiger partial charge in [-0.15, -0.1) is 0 Å². The van der Waals surface area contributed by atoms with E-state index in [2.05, 4.69) is 24.4 Å². The van der Waals surface area contributed by atoms with Crippen molar-refractivity contribution in [1.29, 1.82) is 0 Å². The molecule has 0 aromatic heterocycles. The minimum Gasteiger partial charge on any atom is -0.497 e. The fraction of sp³-hybridized carbons (Fsp3) is 0.600. The van der Waals surface area contributed by atoms with Gasteiger partial charge in [0, 0.05) is 12.1 Å². The van der Waals surface area contributed by atoms with Crippen molar-refractivity contribution in [1.82, 2.24) is 5.32 Å². The Labute approximate surface area is 109 Å². The van der Waals surface area contributed by atoms with Gasteiger partial charge in [-0.25, -0.2) is 0 Å². The molecular weight excluding hydrogens is 226 g/mol. The Kier molecular flexibility index (Phi) is 4.61. The maximum absolute atomic E-state index is 9.24. The van der Waals surface area contributed by atoms with Gasteiger partial charge in [0.15, 0.2) is 0 Å². The van der Waals surface area contributed by atoms with E-state index in [1.54, 1.807) is 7.11 Å². The highest BCUT2D eigenvalue weighted by Crippen LogP contribution is 2.20. The van der Waals surface area contributed by atoms with Gasteiger partial charge >= 0.3 is 0 Å². The fourth-order valence-electron chi connectivity index (χ4n) is 2.38. The smallest absolute Gasteiger partial charge is 0.118 e. The molecule has 0 saturated heterocycles. The average Bonchev–Trinajstić information content (AvgIpc) is 2.35. The van der Waals surface area contributed by atoms with Crippen LogP contribution >= 0.6 is 0 Å². The minimum absolute atomic E-state index is 0.0729. The molecule has 1 aliphatic carbocycles. The third kappa shape index (κ3) is 3.72. The van der Waals surface area contributed by atoms with E-state index in [1.807, 2.05) is 12.1 Å². The monoisotopic (exact) mass is 249 g/mol. The van der Waals surface area contributed by atoms with Gasteiger partial charge in [0.05, 0.1) is 13.2 Å². The van der Waals surface area contributed by atoms with Gasteiger partial charge < -0.3 is 15.2 Å². The number of methoxy groups -OCH3 is 1. The number of ether oxygens (including phenoxy) is 1. The number of hydrogen-bond donors (Lipinski definition) is 2. The van der Waals surface area contributed by atoms with E-state index < -0.39 is 0 Å². The van der Waals surface area contributed by atoms with Crippen molar-refractivity contribution in [2.75, 3.05) is 7.11 Å². The Hall–Kier alpha value is -1.06. The normalized spacial score (nSPS) is 24.4. The summed E-state index contributed by atoms with van der Waals surface area (Å²) >= 11 is 0. The molecule has 0 bridgehead atoms. The summed E-state index contributed by atoms with van der Waals surface area (Å²) in [6.07, 6.45) is 3.95. The van der Waals surface area contributed by atoms with E-state index in [0.29, 0.717) is 12.1 Å². The molecule has 0 radical (unpaired) electrons. The number of benzene rings is 1. The first kappa shape index (κ1) is 13.4. The zero-order valence-electron chi connectivity index (χ0n) is 11.2. The summed E-state index contributed by atoms with van der Waals surface area (Å²) < 4.78 is 5.14. The fourth-order valence-corrected chi connectivity index (χ4v) is 2.38. The lowest BCUT2D eigenvalue weighted by molar-refractivity contribution is 0.0582. The molecule has 2 rings (SSSR count). The molecule has 1 unspecified atom stereocenters. The quantitative estimate of drug-likeness (QED) is 0.811. The lowest BCUT2D eigenvalue weighted by atomic mass is 9.88. The maximum Gasteiger partial charge on any atom is 0.118 e. The van der Waals surface area contributed by atoms with Crippen molar-refractivity contribution in [3.8, 4) is 5.75 Å². The largest absolute Gasteiger partial charge is 0.497 e. The second-order valence-corrected chi connectivity index (χ2v) is 5.28. The number of hydrogen-bond acceptors (Lipinski definition) is 3. The van der Waals surface area contributed by atoms with Crippen LogP contribution in [0, 0.1) is 0 Å². The highest BCUT2D eigenvalue weighted by atomic mass is 16.5. The predicted octanol–water partition coefficient (Wildman–Crippen LogP) is 2.13. The van der Waals surface area contributed by atoms with E-state index in [4.69, 9.17) is 4.74 Å². The molecule has 100 valence electrons. The third-order valence-electron chi connectivity index (χ3n) is 3.66. The van der Waals surface area contributed by atoms with Gasteiger partial charge in [-0.2, -0.15) is 0 Å². The summed E-state index contributed by atoms with van der Waals surface area (Å²) in [4.78, 5) is 0. The van der Waals surface area contributed by atoms with Crippen molar-refractivity contribution in [3.63, 3.8) is 0 Å². The topological polar surface area (TPSA) is 41.5 Å². The SMILES string of the molecule is COc1ccc(CCC(C)NC2CC(O)C2)cc1. The van der Waals surface area contributed by atoms with Gasteiger partial charge in [0.2, 0.25) is 0 Å². The van der Waals surface area contributed by atoms with Crippen molar-refractivity contribution in [2.45, 2.75) is 50.8 Å². The van der Waals surface area contributed by atoms with Crippen LogP contribution < -0.4 is 10.1 Å². The Bertz CT molecular complexity index is 357. The Morgan fingerprint density at radius 1 is 1.33 bits per heavy atom. The number of aliphatic hydroxyl groups is 1. The van der Waals surface area contributed by atoms with Gasteiger partial charge in [0.25, 0.3) is 0 Å². The van der Waals surface area contributed by atoms with E-state index in [0.717, 1.165) is 31.4 Å². The summed E-state index contributed by atoms with van der Waals surface area (Å²) in [7, 11) is 1.69. The predicted molar refractivity (Wildman–Crippen MR) is 72.9 cm³/mol. The van der Waals surface area contributed by atoms with Crippen LogP contribution in [0.25, 0.3) is 0 Å². The summed E-state index contributed by atoms with van der Waals surface area (Å²) in [6, 6.07) is 9.29. The summed E-state index contributed by atoms with van der Waals surface area (Å²) in [5, 5.41) is 12.8. The first-order valence-corrected chi connectivity index (χ1v) is 6.74. The van der Waals surface area contributed by atoms with Crippen LogP contribution in [0.4, 0.5) is 0 Å². The number of aryl methyl sites for hydroxylation is 1. The van der Waals surface area contributed by atoms with Crippen LogP contribution in [0.2, 0.25) is 0 Å². The molecule has 0 heterocycles. The van der Waals surface area contributed by atoms with Crippen molar-refractivity contribution >= 4 is 0 Å². The van der Waals surface area contributed by atoms with E-state index >= 15 is 0 Å². The summed E-state index contributed by atoms with van der Waals surface area (Å²) in [5.74, 6) is 0.911. The molecule has 1 aromatic carbocycles. The van der Waals surface area contributed by atoms with Crippen LogP contribution in [-0.4, -0.2) is 30.4 Å². The molecule has 1 aliphatic rings. The van der Waals surface area contributed by atoms with Gasteiger partial charge in [-0.05, 0) is 50.3 Å². The van der Waals surface area contributed by atoms with Crippen LogP contribution in [0.15, 0.2) is 24.3 Å². The molecule has 1 saturated carbocycles. The van der Waals surface area contributed by atoms with Gasteiger partial charge in [-0.1, -0.05) is 12.1 Å². The molecule has 18 heavy (non-hydrogen) atoms. The lowest BCUT2D eigenvalue weighted by Gasteiger charge is -2.34. The first-order chi connectivity index (χ1) is 8.67. The van der Waals surface area contributed by atoms with Crippen LogP contribution in [0.3, 0.4) is 0 Å². The standard InChI is InChI=1S/C15H23NO2/c1-11(16-13-9-14(17)10-13)3-4-12-5-7-15(18-2)8-6-12/h5-8,11,13-14,16-17H,3-4,9-10H2,1-2H3. The lowest BCUT2D eigenvalue weighted by Crippen LogP contribution is -2.47. The van der Waals surface area contributed by atoms with Gasteiger partial charge in [-0.3, -0.25) is 0 Å². The summed E-state index contributed by atoms with van der Waals surface area (Å²) in [6.45, 7) is 2.22. The van der Waals surface area contributed by atoms with Crippen molar-refractivity contribution < 1.29 is 9.84 Å². The average molecular weight is 249 g/mol. The number of nitrogens with one attached hydrogen (secondary N) is 1.